The zero-order valence-electron chi connectivity index (χ0n) is 20.8. The largest absolute Gasteiger partial charge is 0.274 e. The van der Waals surface area contributed by atoms with Gasteiger partial charge in [0.15, 0.2) is 0 Å². The van der Waals surface area contributed by atoms with Gasteiger partial charge in [0.05, 0.1) is 67.5 Å². The molecule has 0 N–H and O–H groups in total. The van der Waals surface area contributed by atoms with Gasteiger partial charge in [-0.05, 0) is 36.4 Å². The van der Waals surface area contributed by atoms with E-state index in [0.717, 1.165) is 9.80 Å². The number of carbonyl (C=O) groups excluding carboxylic acids is 4. The highest BCUT2D eigenvalue weighted by atomic mass is 35.5. The lowest BCUT2D eigenvalue weighted by atomic mass is 9.72. The van der Waals surface area contributed by atoms with E-state index in [9.17, 15) is 19.2 Å². The molecule has 4 aromatic rings. The Labute approximate surface area is 238 Å². The van der Waals surface area contributed by atoms with Crippen molar-refractivity contribution in [3.63, 3.8) is 0 Å². The number of anilines is 2. The summed E-state index contributed by atoms with van der Waals surface area (Å²) < 4.78 is 0. The van der Waals surface area contributed by atoms with Crippen molar-refractivity contribution in [3.8, 4) is 0 Å². The van der Waals surface area contributed by atoms with Crippen molar-refractivity contribution in [3.05, 3.63) is 94.2 Å². The number of fused-ring (bicyclic) bond motifs is 5. The van der Waals surface area contributed by atoms with E-state index < -0.39 is 47.3 Å². The molecule has 3 heterocycles. The van der Waals surface area contributed by atoms with Crippen molar-refractivity contribution in [1.82, 2.24) is 9.97 Å². The molecule has 0 radical (unpaired) electrons. The Bertz CT molecular complexity index is 1620. The molecule has 40 heavy (non-hydrogen) atoms. The molecule has 0 saturated carbocycles. The number of halogens is 2. The zero-order chi connectivity index (χ0) is 27.7. The summed E-state index contributed by atoms with van der Waals surface area (Å²) in [5.74, 6) is -5.68. The SMILES string of the molecule is O=C1[C@@H]2[C@@H]3C(=O)N(c4ccccc4)C(=O)[C@@H]3Cc3nc4cc(Cl)c(Cl)cc4nc3C[C@@H]2C(=O)N1c1ccccc1. The van der Waals surface area contributed by atoms with E-state index in [4.69, 9.17) is 33.2 Å². The molecular formula is C30H20Cl2N4O4. The third-order valence-electron chi connectivity index (χ3n) is 8.06. The van der Waals surface area contributed by atoms with Crippen LogP contribution in [0, 0.1) is 23.7 Å². The maximum Gasteiger partial charge on any atom is 0.238 e. The van der Waals surface area contributed by atoms with Gasteiger partial charge < -0.3 is 0 Å². The molecule has 198 valence electrons. The van der Waals surface area contributed by atoms with Gasteiger partial charge in [0.25, 0.3) is 0 Å². The highest BCUT2D eigenvalue weighted by Crippen LogP contribution is 2.47. The van der Waals surface area contributed by atoms with E-state index in [2.05, 4.69) is 0 Å². The van der Waals surface area contributed by atoms with Gasteiger partial charge in [0, 0.05) is 12.8 Å². The minimum atomic E-state index is -1.03. The van der Waals surface area contributed by atoms with E-state index in [0.29, 0.717) is 43.8 Å². The first-order chi connectivity index (χ1) is 19.3. The molecule has 1 aromatic heterocycles. The van der Waals surface area contributed by atoms with Crippen LogP contribution in [0.4, 0.5) is 11.4 Å². The van der Waals surface area contributed by atoms with Crippen LogP contribution in [-0.4, -0.2) is 33.6 Å². The molecule has 2 saturated heterocycles. The molecule has 0 spiro atoms. The first-order valence-corrected chi connectivity index (χ1v) is 13.6. The number of hydrogen-bond acceptors (Lipinski definition) is 6. The second-order valence-electron chi connectivity index (χ2n) is 10.2. The van der Waals surface area contributed by atoms with E-state index in [-0.39, 0.29) is 12.8 Å². The van der Waals surface area contributed by atoms with Gasteiger partial charge >= 0.3 is 0 Å². The number of benzene rings is 3. The molecular weight excluding hydrogens is 551 g/mol. The van der Waals surface area contributed by atoms with Crippen LogP contribution in [-0.2, 0) is 32.0 Å². The molecule has 0 bridgehead atoms. The molecule has 0 unspecified atom stereocenters. The maximum absolute atomic E-state index is 14.0. The molecule has 4 amide bonds. The number of rotatable bonds is 2. The van der Waals surface area contributed by atoms with Gasteiger partial charge in [-0.2, -0.15) is 0 Å². The van der Waals surface area contributed by atoms with Gasteiger partial charge in [0.1, 0.15) is 0 Å². The van der Waals surface area contributed by atoms with E-state index >= 15 is 0 Å². The van der Waals surface area contributed by atoms with Crippen LogP contribution in [0.25, 0.3) is 11.0 Å². The van der Waals surface area contributed by atoms with Gasteiger partial charge in [-0.3, -0.25) is 29.0 Å². The molecule has 2 fully saturated rings. The number of imide groups is 2. The van der Waals surface area contributed by atoms with Crippen molar-refractivity contribution in [2.75, 3.05) is 9.80 Å². The van der Waals surface area contributed by atoms with Crippen molar-refractivity contribution < 1.29 is 19.2 Å². The lowest BCUT2D eigenvalue weighted by molar-refractivity contribution is -0.131. The number of aromatic nitrogens is 2. The second-order valence-corrected chi connectivity index (χ2v) is 11.1. The number of carbonyl (C=O) groups is 4. The second kappa shape index (κ2) is 9.21. The molecule has 2 aliphatic heterocycles. The predicted molar refractivity (Wildman–Crippen MR) is 149 cm³/mol. The van der Waals surface area contributed by atoms with Crippen LogP contribution in [0.5, 0.6) is 0 Å². The number of para-hydroxylation sites is 2. The smallest absolute Gasteiger partial charge is 0.238 e. The number of hydrogen-bond donors (Lipinski definition) is 0. The quantitative estimate of drug-likeness (QED) is 0.325. The Morgan fingerprint density at radius 1 is 0.575 bits per heavy atom. The van der Waals surface area contributed by atoms with Crippen molar-refractivity contribution >= 4 is 69.2 Å². The van der Waals surface area contributed by atoms with E-state index in [1.807, 2.05) is 0 Å². The molecule has 8 nitrogen and oxygen atoms in total. The Morgan fingerprint density at radius 3 is 1.32 bits per heavy atom. The third-order valence-corrected chi connectivity index (χ3v) is 8.78. The third kappa shape index (κ3) is 3.67. The van der Waals surface area contributed by atoms with Gasteiger partial charge in [-0.25, -0.2) is 9.97 Å². The van der Waals surface area contributed by atoms with Gasteiger partial charge in [-0.15, -0.1) is 0 Å². The monoisotopic (exact) mass is 570 g/mol. The summed E-state index contributed by atoms with van der Waals surface area (Å²) in [4.78, 5) is 67.7. The average molecular weight is 571 g/mol. The summed E-state index contributed by atoms with van der Waals surface area (Å²) in [7, 11) is 0. The highest BCUT2D eigenvalue weighted by molar-refractivity contribution is 6.42. The zero-order valence-corrected chi connectivity index (χ0v) is 22.3. The fraction of sp³-hybridized carbons (Fsp3) is 0.200. The summed E-state index contributed by atoms with van der Waals surface area (Å²) in [5.41, 5.74) is 2.80. The summed E-state index contributed by atoms with van der Waals surface area (Å²) in [6, 6.07) is 20.5. The predicted octanol–water partition coefficient (Wildman–Crippen LogP) is 4.65. The maximum atomic E-state index is 14.0. The summed E-state index contributed by atoms with van der Waals surface area (Å²) >= 11 is 12.5. The standard InChI is InChI=1S/C30H20Cl2N4O4/c31-19-13-23-24(14-20(19)32)34-22-12-18-26(30(40)36(28(18)38)16-9-5-2-6-10-16)25-17(11-21(22)33-23)27(37)35(29(25)39)15-7-3-1-4-8-15/h1-10,13-14,17-18,25-26H,11-12H2/t17-,18+,25-,26+. The fourth-order valence-corrected chi connectivity index (χ4v) is 6.58. The highest BCUT2D eigenvalue weighted by Gasteiger charge is 2.61. The molecule has 10 heteroatoms. The Hall–Kier alpha value is -4.14. The topological polar surface area (TPSA) is 101 Å². The van der Waals surface area contributed by atoms with Gasteiger partial charge in [0.2, 0.25) is 23.6 Å². The lowest BCUT2D eigenvalue weighted by Gasteiger charge is -2.27. The Balaban J connectivity index is 1.42. The molecule has 1 aliphatic carbocycles. The Morgan fingerprint density at radius 2 is 0.950 bits per heavy atom. The van der Waals surface area contributed by atoms with Crippen molar-refractivity contribution in [2.45, 2.75) is 12.8 Å². The minimum Gasteiger partial charge on any atom is -0.274 e. The fourth-order valence-electron chi connectivity index (χ4n) is 6.27. The van der Waals surface area contributed by atoms with Crippen LogP contribution in [0.15, 0.2) is 72.8 Å². The van der Waals surface area contributed by atoms with Crippen molar-refractivity contribution in [1.29, 1.82) is 0 Å². The molecule has 3 aliphatic rings. The normalized spacial score (nSPS) is 24.1. The van der Waals surface area contributed by atoms with E-state index in [1.165, 1.54) is 0 Å². The van der Waals surface area contributed by atoms with E-state index in [1.54, 1.807) is 72.8 Å². The molecule has 4 atom stereocenters. The van der Waals surface area contributed by atoms with Crippen molar-refractivity contribution in [2.24, 2.45) is 23.7 Å². The first-order valence-electron chi connectivity index (χ1n) is 12.8. The summed E-state index contributed by atoms with van der Waals surface area (Å²) in [6.07, 6.45) is 0.181. The molecule has 7 rings (SSSR count). The minimum absolute atomic E-state index is 0.0904. The van der Waals surface area contributed by atoms with Crippen LogP contribution in [0.2, 0.25) is 10.0 Å². The van der Waals surface area contributed by atoms with Crippen LogP contribution >= 0.6 is 23.2 Å². The molecule has 3 aromatic carbocycles. The number of amides is 4. The average Bonchev–Trinajstić information content (AvgIpc) is 3.31. The van der Waals surface area contributed by atoms with Crippen LogP contribution < -0.4 is 9.80 Å². The first kappa shape index (κ1) is 24.9. The number of nitrogens with zero attached hydrogens (tertiary/aromatic N) is 4. The summed E-state index contributed by atoms with van der Waals surface area (Å²) in [5, 5.41) is 0.620. The van der Waals surface area contributed by atoms with Crippen LogP contribution in [0.3, 0.4) is 0 Å². The Kier molecular flexibility index (Phi) is 5.73. The van der Waals surface area contributed by atoms with Crippen LogP contribution in [0.1, 0.15) is 11.4 Å². The lowest BCUT2D eigenvalue weighted by Crippen LogP contribution is -2.39. The summed E-state index contributed by atoms with van der Waals surface area (Å²) in [6.45, 7) is 0. The van der Waals surface area contributed by atoms with Gasteiger partial charge in [-0.1, -0.05) is 59.6 Å².